The molecule has 0 aliphatic rings. The van der Waals surface area contributed by atoms with Gasteiger partial charge in [0.1, 0.15) is 23.7 Å². The van der Waals surface area contributed by atoms with Gasteiger partial charge < -0.3 is 9.30 Å². The molecule has 11 nitrogen and oxygen atoms in total. The van der Waals surface area contributed by atoms with Crippen molar-refractivity contribution in [1.29, 1.82) is 0 Å². The van der Waals surface area contributed by atoms with Crippen molar-refractivity contribution in [3.05, 3.63) is 85.2 Å². The zero-order valence-corrected chi connectivity index (χ0v) is 18.0. The molecule has 0 radical (unpaired) electrons. The van der Waals surface area contributed by atoms with E-state index >= 15 is 0 Å². The highest BCUT2D eigenvalue weighted by atomic mass is 32.2. The summed E-state index contributed by atoms with van der Waals surface area (Å²) in [6.07, 6.45) is 5.08. The van der Waals surface area contributed by atoms with Crippen molar-refractivity contribution < 1.29 is 17.5 Å². The minimum Gasteiger partial charge on any atom is -0.439 e. The first kappa shape index (κ1) is 21.2. The number of halogens is 1. The van der Waals surface area contributed by atoms with Crippen LogP contribution >= 0.6 is 0 Å². The molecule has 2 aromatic carbocycles. The Morgan fingerprint density at radius 2 is 1.79 bits per heavy atom. The first-order valence-corrected chi connectivity index (χ1v) is 11.3. The molecule has 3 heterocycles. The zero-order valence-electron chi connectivity index (χ0n) is 17.2. The van der Waals surface area contributed by atoms with Crippen LogP contribution in [0.5, 0.6) is 11.6 Å². The van der Waals surface area contributed by atoms with Crippen LogP contribution in [0.3, 0.4) is 0 Å². The average Bonchev–Trinajstić information content (AvgIpc) is 3.55. The van der Waals surface area contributed by atoms with Gasteiger partial charge in [0.25, 0.3) is 10.0 Å². The number of sulfonamides is 1. The molecule has 0 aliphatic heterocycles. The maximum atomic E-state index is 14.1. The van der Waals surface area contributed by atoms with E-state index in [1.807, 2.05) is 29.1 Å². The number of anilines is 1. The Balaban J connectivity index is 1.32. The second kappa shape index (κ2) is 8.71. The number of hydrogen-bond donors (Lipinski definition) is 2. The second-order valence-corrected chi connectivity index (χ2v) is 8.60. The number of aromatic nitrogens is 7. The summed E-state index contributed by atoms with van der Waals surface area (Å²) in [6, 6.07) is 15.0. The third-order valence-electron chi connectivity index (χ3n) is 4.66. The molecule has 3 aromatic heterocycles. The summed E-state index contributed by atoms with van der Waals surface area (Å²) in [4.78, 5) is 8.13. The topological polar surface area (TPSA) is 141 Å². The molecule has 0 saturated carbocycles. The molecule has 0 saturated heterocycles. The fourth-order valence-corrected chi connectivity index (χ4v) is 4.14. The highest BCUT2D eigenvalue weighted by molar-refractivity contribution is 7.92. The van der Waals surface area contributed by atoms with E-state index in [-0.39, 0.29) is 22.0 Å². The van der Waals surface area contributed by atoms with Crippen LogP contribution in [0.4, 0.5) is 10.1 Å². The number of hydrogen-bond acceptors (Lipinski definition) is 8. The molecular weight excluding hydrogens is 463 g/mol. The molecule has 0 fully saturated rings. The Labute approximate surface area is 192 Å². The Hall–Kier alpha value is -4.65. The fourth-order valence-electron chi connectivity index (χ4n) is 3.06. The van der Waals surface area contributed by atoms with Crippen LogP contribution in [0.2, 0.25) is 0 Å². The van der Waals surface area contributed by atoms with Crippen LogP contribution in [-0.4, -0.2) is 43.6 Å². The number of tetrazole rings is 1. The van der Waals surface area contributed by atoms with Gasteiger partial charge in [-0.25, -0.2) is 22.8 Å². The molecule has 34 heavy (non-hydrogen) atoms. The van der Waals surface area contributed by atoms with Crippen molar-refractivity contribution in [2.24, 2.45) is 0 Å². The van der Waals surface area contributed by atoms with Crippen LogP contribution in [-0.2, 0) is 10.0 Å². The quantitative estimate of drug-likeness (QED) is 0.363. The summed E-state index contributed by atoms with van der Waals surface area (Å²) in [5.74, 6) is 0.680. The van der Waals surface area contributed by atoms with Crippen molar-refractivity contribution in [3.63, 3.8) is 0 Å². The van der Waals surface area contributed by atoms with Crippen molar-refractivity contribution >= 4 is 15.7 Å². The molecule has 0 bridgehead atoms. The summed E-state index contributed by atoms with van der Waals surface area (Å²) >= 11 is 0. The van der Waals surface area contributed by atoms with E-state index in [9.17, 15) is 12.8 Å². The molecule has 0 unspecified atom stereocenters. The van der Waals surface area contributed by atoms with Gasteiger partial charge in [0.2, 0.25) is 11.7 Å². The van der Waals surface area contributed by atoms with Crippen LogP contribution in [0, 0.1) is 5.82 Å². The number of H-pyrrole nitrogens is 1. The van der Waals surface area contributed by atoms with Crippen LogP contribution in [0.1, 0.15) is 0 Å². The molecule has 0 amide bonds. The molecular formula is C21H15FN8O3S. The van der Waals surface area contributed by atoms with Crippen molar-refractivity contribution in [2.75, 3.05) is 4.72 Å². The van der Waals surface area contributed by atoms with Crippen molar-refractivity contribution in [3.8, 4) is 28.8 Å². The number of benzene rings is 2. The van der Waals surface area contributed by atoms with Crippen LogP contribution in [0.25, 0.3) is 17.2 Å². The predicted molar refractivity (Wildman–Crippen MR) is 118 cm³/mol. The Morgan fingerprint density at radius 3 is 2.53 bits per heavy atom. The van der Waals surface area contributed by atoms with Crippen LogP contribution in [0.15, 0.2) is 84.3 Å². The lowest BCUT2D eigenvalue weighted by Gasteiger charge is -2.10. The van der Waals surface area contributed by atoms with Crippen molar-refractivity contribution in [1.82, 2.24) is 35.2 Å². The lowest BCUT2D eigenvalue weighted by molar-refractivity contribution is 0.461. The number of rotatable bonds is 7. The number of nitrogens with one attached hydrogen (secondary N) is 2. The molecule has 2 N–H and O–H groups in total. The maximum Gasteiger partial charge on any atom is 0.261 e. The molecule has 170 valence electrons. The highest BCUT2D eigenvalue weighted by Crippen LogP contribution is 2.26. The van der Waals surface area contributed by atoms with E-state index in [1.165, 1.54) is 18.5 Å². The van der Waals surface area contributed by atoms with Gasteiger partial charge in [0.15, 0.2) is 0 Å². The largest absolute Gasteiger partial charge is 0.439 e. The Morgan fingerprint density at radius 1 is 1.00 bits per heavy atom. The lowest BCUT2D eigenvalue weighted by atomic mass is 10.2. The lowest BCUT2D eigenvalue weighted by Crippen LogP contribution is -2.13. The first-order valence-electron chi connectivity index (χ1n) is 9.77. The summed E-state index contributed by atoms with van der Waals surface area (Å²) in [6.45, 7) is 0. The Bertz CT molecular complexity index is 1520. The normalized spacial score (nSPS) is 11.3. The molecule has 0 spiro atoms. The second-order valence-electron chi connectivity index (χ2n) is 6.91. The number of ether oxygens (including phenoxy) is 1. The average molecular weight is 478 g/mol. The van der Waals surface area contributed by atoms with Gasteiger partial charge in [-0.3, -0.25) is 4.72 Å². The Kier molecular flexibility index (Phi) is 5.43. The SMILES string of the molecule is O=S(=O)(Nc1ccc(Oc2cc(-n3cccc3)ncn2)cc1)c1ccc(F)c(-c2nn[nH]n2)c1. The van der Waals surface area contributed by atoms with Gasteiger partial charge in [-0.1, -0.05) is 0 Å². The third kappa shape index (κ3) is 4.45. The maximum absolute atomic E-state index is 14.1. The number of aromatic amines is 1. The van der Waals surface area contributed by atoms with Gasteiger partial charge >= 0.3 is 0 Å². The van der Waals surface area contributed by atoms with Gasteiger partial charge in [-0.2, -0.15) is 5.21 Å². The van der Waals surface area contributed by atoms with E-state index in [1.54, 1.807) is 18.2 Å². The molecule has 0 aliphatic carbocycles. The standard InChI is InChI=1S/C21H15FN8O3S/c22-18-8-7-16(11-17(18)21-25-28-29-26-21)34(31,32)27-14-3-5-15(6-4-14)33-20-12-19(23-13-24-20)30-9-1-2-10-30/h1-13,27H,(H,25,26,28,29). The monoisotopic (exact) mass is 478 g/mol. The molecule has 5 aromatic rings. The van der Waals surface area contributed by atoms with Crippen molar-refractivity contribution in [2.45, 2.75) is 4.90 Å². The number of nitrogens with zero attached hydrogens (tertiary/aromatic N) is 6. The van der Waals surface area contributed by atoms with Gasteiger partial charge in [0.05, 0.1) is 10.5 Å². The minimum absolute atomic E-state index is 0.0549. The van der Waals surface area contributed by atoms with E-state index in [4.69, 9.17) is 4.74 Å². The third-order valence-corrected chi connectivity index (χ3v) is 6.04. The van der Waals surface area contributed by atoms with Gasteiger partial charge in [0, 0.05) is 24.1 Å². The van der Waals surface area contributed by atoms with E-state index in [0.717, 1.165) is 18.2 Å². The smallest absolute Gasteiger partial charge is 0.261 e. The van der Waals surface area contributed by atoms with Crippen LogP contribution < -0.4 is 9.46 Å². The van der Waals surface area contributed by atoms with Gasteiger partial charge in [-0.15, -0.1) is 10.2 Å². The predicted octanol–water partition coefficient (Wildman–Crippen LogP) is 3.18. The summed E-state index contributed by atoms with van der Waals surface area (Å²) < 4.78 is 49.7. The van der Waals surface area contributed by atoms with E-state index in [0.29, 0.717) is 17.4 Å². The fraction of sp³-hybridized carbons (Fsp3) is 0. The first-order chi connectivity index (χ1) is 16.5. The van der Waals surface area contributed by atoms with Gasteiger partial charge in [-0.05, 0) is 59.8 Å². The summed E-state index contributed by atoms with van der Waals surface area (Å²) in [7, 11) is -4.01. The summed E-state index contributed by atoms with van der Waals surface area (Å²) in [5, 5.41) is 13.0. The highest BCUT2D eigenvalue weighted by Gasteiger charge is 2.19. The molecule has 13 heteroatoms. The molecule has 0 atom stereocenters. The molecule has 5 rings (SSSR count). The van der Waals surface area contributed by atoms with E-state index < -0.39 is 15.8 Å². The summed E-state index contributed by atoms with van der Waals surface area (Å²) in [5.41, 5.74) is 0.193. The minimum atomic E-state index is -4.01. The van der Waals surface area contributed by atoms with E-state index in [2.05, 4.69) is 35.3 Å². The zero-order chi connectivity index (χ0) is 23.5.